The highest BCUT2D eigenvalue weighted by Gasteiger charge is 2.20. The third-order valence-electron chi connectivity index (χ3n) is 4.78. The van der Waals surface area contributed by atoms with Crippen molar-refractivity contribution in [3.63, 3.8) is 0 Å². The minimum Gasteiger partial charge on any atom is -0.495 e. The van der Waals surface area contributed by atoms with E-state index >= 15 is 0 Å². The number of aromatic nitrogens is 2. The second kappa shape index (κ2) is 8.70. The zero-order chi connectivity index (χ0) is 22.1. The van der Waals surface area contributed by atoms with Crippen LogP contribution in [0.25, 0.3) is 10.2 Å². The van der Waals surface area contributed by atoms with Gasteiger partial charge in [0, 0.05) is 16.5 Å². The molecule has 0 atom stereocenters. The van der Waals surface area contributed by atoms with E-state index in [1.807, 2.05) is 6.07 Å². The molecule has 0 saturated heterocycles. The van der Waals surface area contributed by atoms with Crippen molar-refractivity contribution >= 4 is 56.3 Å². The van der Waals surface area contributed by atoms with Crippen LogP contribution in [-0.4, -0.2) is 23.0 Å². The topological polar surface area (TPSA) is 84.1 Å². The van der Waals surface area contributed by atoms with Gasteiger partial charge in [0.25, 0.3) is 11.5 Å². The normalized spacial score (nSPS) is 11.0. The second-order valence-electron chi connectivity index (χ2n) is 6.82. The van der Waals surface area contributed by atoms with Gasteiger partial charge in [0.1, 0.15) is 16.4 Å². The number of para-hydroxylation sites is 2. The first kappa shape index (κ1) is 21.4. The Bertz CT molecular complexity index is 1360. The molecule has 2 N–H and O–H groups in total. The molecular weight excluding hydrogens is 457 g/mol. The lowest BCUT2D eigenvalue weighted by atomic mass is 10.1. The Labute approximate surface area is 191 Å². The summed E-state index contributed by atoms with van der Waals surface area (Å²) in [6.45, 7) is 1.74. The van der Waals surface area contributed by atoms with Crippen molar-refractivity contribution in [3.8, 4) is 5.75 Å². The molecule has 4 aromatic rings. The summed E-state index contributed by atoms with van der Waals surface area (Å²) in [5.74, 6) is 0.680. The van der Waals surface area contributed by atoms with E-state index in [2.05, 4.69) is 15.3 Å². The lowest BCUT2D eigenvalue weighted by Gasteiger charge is -2.09. The first-order valence-electron chi connectivity index (χ1n) is 9.28. The molecule has 0 radical (unpaired) electrons. The number of benzene rings is 2. The Balaban J connectivity index is 1.69. The summed E-state index contributed by atoms with van der Waals surface area (Å²) in [6.07, 6.45) is 0.334. The molecule has 0 spiro atoms. The average molecular weight is 474 g/mol. The van der Waals surface area contributed by atoms with E-state index in [0.29, 0.717) is 54.4 Å². The molecule has 158 valence electrons. The molecule has 1 amide bonds. The molecule has 0 unspecified atom stereocenters. The number of H-pyrrole nitrogens is 1. The van der Waals surface area contributed by atoms with E-state index in [4.69, 9.17) is 27.9 Å². The maximum atomic E-state index is 12.9. The number of fused-ring (bicyclic) bond motifs is 1. The number of thiophene rings is 1. The predicted molar refractivity (Wildman–Crippen MR) is 125 cm³/mol. The summed E-state index contributed by atoms with van der Waals surface area (Å²) >= 11 is 13.4. The van der Waals surface area contributed by atoms with Crippen LogP contribution >= 0.6 is 34.5 Å². The standard InChI is InChI=1S/C22H17Cl2N3O3S/c1-11-18-20(28)26-17(9-12-7-8-13(23)10-14(12)24)27-22(18)31-19(11)21(29)25-15-5-3-4-6-16(15)30-2/h3-8,10H,9H2,1-2H3,(H,25,29)(H,26,27,28). The summed E-state index contributed by atoms with van der Waals surface area (Å²) in [5.41, 5.74) is 1.62. The van der Waals surface area contributed by atoms with E-state index in [1.165, 1.54) is 18.4 Å². The molecule has 31 heavy (non-hydrogen) atoms. The van der Waals surface area contributed by atoms with Gasteiger partial charge in [-0.2, -0.15) is 0 Å². The van der Waals surface area contributed by atoms with Crippen LogP contribution in [-0.2, 0) is 6.42 Å². The predicted octanol–water partition coefficient (Wildman–Crippen LogP) is 5.45. The van der Waals surface area contributed by atoms with Gasteiger partial charge in [-0.3, -0.25) is 9.59 Å². The van der Waals surface area contributed by atoms with Crippen molar-refractivity contribution in [2.24, 2.45) is 0 Å². The third kappa shape index (κ3) is 4.30. The highest BCUT2D eigenvalue weighted by Crippen LogP contribution is 2.30. The van der Waals surface area contributed by atoms with Gasteiger partial charge < -0.3 is 15.0 Å². The minimum atomic E-state index is -0.327. The Morgan fingerprint density at radius 3 is 2.74 bits per heavy atom. The van der Waals surface area contributed by atoms with Crippen LogP contribution in [0.2, 0.25) is 10.0 Å². The molecule has 0 aliphatic rings. The van der Waals surface area contributed by atoms with Crippen molar-refractivity contribution in [2.45, 2.75) is 13.3 Å². The first-order valence-corrected chi connectivity index (χ1v) is 10.8. The van der Waals surface area contributed by atoms with Gasteiger partial charge >= 0.3 is 0 Å². The quantitative estimate of drug-likeness (QED) is 0.403. The summed E-state index contributed by atoms with van der Waals surface area (Å²) in [7, 11) is 1.54. The van der Waals surface area contributed by atoms with E-state index < -0.39 is 0 Å². The van der Waals surface area contributed by atoms with E-state index in [1.54, 1.807) is 43.3 Å². The fraction of sp³-hybridized carbons (Fsp3) is 0.136. The van der Waals surface area contributed by atoms with Crippen molar-refractivity contribution in [1.82, 2.24) is 9.97 Å². The number of nitrogens with zero attached hydrogens (tertiary/aromatic N) is 1. The van der Waals surface area contributed by atoms with Crippen LogP contribution in [0.5, 0.6) is 5.75 Å². The molecule has 0 fully saturated rings. The summed E-state index contributed by atoms with van der Waals surface area (Å²) in [6, 6.07) is 12.3. The van der Waals surface area contributed by atoms with E-state index in [9.17, 15) is 9.59 Å². The molecule has 4 rings (SSSR count). The van der Waals surface area contributed by atoms with Gasteiger partial charge in [-0.15, -0.1) is 11.3 Å². The number of amides is 1. The van der Waals surface area contributed by atoms with Crippen LogP contribution in [0.1, 0.15) is 26.6 Å². The maximum absolute atomic E-state index is 12.9. The molecule has 0 saturated carbocycles. The van der Waals surface area contributed by atoms with Gasteiger partial charge in [-0.25, -0.2) is 4.98 Å². The Hall–Kier alpha value is -2.87. The SMILES string of the molecule is COc1ccccc1NC(=O)c1sc2nc(Cc3ccc(Cl)cc3Cl)[nH]c(=O)c2c1C. The van der Waals surface area contributed by atoms with Crippen LogP contribution in [0.15, 0.2) is 47.3 Å². The van der Waals surface area contributed by atoms with Crippen LogP contribution < -0.4 is 15.6 Å². The minimum absolute atomic E-state index is 0.296. The zero-order valence-electron chi connectivity index (χ0n) is 16.6. The first-order chi connectivity index (χ1) is 14.9. The lowest BCUT2D eigenvalue weighted by molar-refractivity contribution is 0.102. The number of hydrogen-bond donors (Lipinski definition) is 2. The number of aryl methyl sites for hydroxylation is 1. The number of aromatic amines is 1. The van der Waals surface area contributed by atoms with Crippen LogP contribution in [0, 0.1) is 6.92 Å². The molecule has 2 aromatic heterocycles. The molecule has 9 heteroatoms. The average Bonchev–Trinajstić information content (AvgIpc) is 3.07. The van der Waals surface area contributed by atoms with Crippen LogP contribution in [0.4, 0.5) is 5.69 Å². The highest BCUT2D eigenvalue weighted by atomic mass is 35.5. The maximum Gasteiger partial charge on any atom is 0.266 e. The van der Waals surface area contributed by atoms with Gasteiger partial charge in [0.2, 0.25) is 0 Å². The van der Waals surface area contributed by atoms with Crippen molar-refractivity contribution in [2.75, 3.05) is 12.4 Å². The van der Waals surface area contributed by atoms with Crippen molar-refractivity contribution < 1.29 is 9.53 Å². The van der Waals surface area contributed by atoms with Crippen LogP contribution in [0.3, 0.4) is 0 Å². The van der Waals surface area contributed by atoms with E-state index in [-0.39, 0.29) is 11.5 Å². The zero-order valence-corrected chi connectivity index (χ0v) is 18.9. The lowest BCUT2D eigenvalue weighted by Crippen LogP contribution is -2.14. The van der Waals surface area contributed by atoms with E-state index in [0.717, 1.165) is 5.56 Å². The molecule has 6 nitrogen and oxygen atoms in total. The number of methoxy groups -OCH3 is 1. The third-order valence-corrected chi connectivity index (χ3v) is 6.56. The number of nitrogens with one attached hydrogen (secondary N) is 2. The molecule has 0 aliphatic heterocycles. The molecule has 0 aliphatic carbocycles. The number of carbonyl (C=O) groups excluding carboxylic acids is 1. The monoisotopic (exact) mass is 473 g/mol. The molecule has 2 aromatic carbocycles. The highest BCUT2D eigenvalue weighted by molar-refractivity contribution is 7.20. The number of ether oxygens (including phenoxy) is 1. The Morgan fingerprint density at radius 2 is 2.00 bits per heavy atom. The summed E-state index contributed by atoms with van der Waals surface area (Å²) in [4.78, 5) is 33.9. The number of rotatable bonds is 5. The fourth-order valence-corrected chi connectivity index (χ4v) is 4.83. The Kier molecular flexibility index (Phi) is 6.00. The smallest absolute Gasteiger partial charge is 0.266 e. The summed E-state index contributed by atoms with van der Waals surface area (Å²) < 4.78 is 5.28. The van der Waals surface area contributed by atoms with Crippen molar-refractivity contribution in [1.29, 1.82) is 0 Å². The second-order valence-corrected chi connectivity index (χ2v) is 8.66. The number of halogens is 2. The van der Waals surface area contributed by atoms with Gasteiger partial charge in [-0.1, -0.05) is 41.4 Å². The van der Waals surface area contributed by atoms with Gasteiger partial charge in [0.05, 0.1) is 23.1 Å². The summed E-state index contributed by atoms with van der Waals surface area (Å²) in [5, 5.41) is 4.27. The molecular formula is C22H17Cl2N3O3S. The van der Waals surface area contributed by atoms with Gasteiger partial charge in [0.15, 0.2) is 0 Å². The van der Waals surface area contributed by atoms with Gasteiger partial charge in [-0.05, 0) is 42.3 Å². The van der Waals surface area contributed by atoms with Crippen molar-refractivity contribution in [3.05, 3.63) is 84.7 Å². The number of anilines is 1. The number of carbonyl (C=O) groups is 1. The molecule has 0 bridgehead atoms. The largest absolute Gasteiger partial charge is 0.495 e. The number of hydrogen-bond acceptors (Lipinski definition) is 5. The Morgan fingerprint density at radius 1 is 1.23 bits per heavy atom. The fourth-order valence-electron chi connectivity index (χ4n) is 3.26. The molecule has 2 heterocycles.